The summed E-state index contributed by atoms with van der Waals surface area (Å²) in [6.07, 6.45) is 4.50. The Morgan fingerprint density at radius 3 is 2.61 bits per heavy atom. The SMILES string of the molecule is CC1=CC(C)=C2C(=NNC(N)=[N+](C)C)CC2C1.Cl. The Morgan fingerprint density at radius 1 is 1.39 bits per heavy atom. The fourth-order valence-corrected chi connectivity index (χ4v) is 2.50. The van der Waals surface area contributed by atoms with Crippen LogP contribution >= 0.6 is 12.4 Å². The lowest BCUT2D eigenvalue weighted by Gasteiger charge is -2.35. The van der Waals surface area contributed by atoms with E-state index in [1.165, 1.54) is 23.1 Å². The first kappa shape index (κ1) is 14.8. The minimum Gasteiger partial charge on any atom is -0.289 e. The van der Waals surface area contributed by atoms with Gasteiger partial charge in [-0.2, -0.15) is 5.43 Å². The van der Waals surface area contributed by atoms with Crippen molar-refractivity contribution in [3.8, 4) is 0 Å². The van der Waals surface area contributed by atoms with Crippen molar-refractivity contribution in [1.29, 1.82) is 0 Å². The minimum absolute atomic E-state index is 0. The molecule has 0 aromatic carbocycles. The van der Waals surface area contributed by atoms with E-state index in [0.29, 0.717) is 11.9 Å². The molecule has 1 saturated carbocycles. The van der Waals surface area contributed by atoms with E-state index in [2.05, 4.69) is 30.5 Å². The summed E-state index contributed by atoms with van der Waals surface area (Å²) in [6.45, 7) is 4.37. The number of nitrogens with zero attached hydrogens (tertiary/aromatic N) is 2. The number of nitrogens with two attached hydrogens (primary N) is 1. The summed E-state index contributed by atoms with van der Waals surface area (Å²) < 4.78 is 1.81. The average Bonchev–Trinajstić information content (AvgIpc) is 2.19. The Balaban J connectivity index is 0.00000162. The second-order valence-electron chi connectivity index (χ2n) is 5.14. The molecule has 2 aliphatic rings. The number of rotatable bonds is 1. The topological polar surface area (TPSA) is 53.4 Å². The smallest absolute Gasteiger partial charge is 0.289 e. The lowest BCUT2D eigenvalue weighted by Crippen LogP contribution is -2.38. The maximum absolute atomic E-state index is 5.76. The highest BCUT2D eigenvalue weighted by molar-refractivity contribution is 6.08. The van der Waals surface area contributed by atoms with Gasteiger partial charge in [-0.3, -0.25) is 10.3 Å². The molecule has 0 aromatic heterocycles. The van der Waals surface area contributed by atoms with Crippen LogP contribution in [0.5, 0.6) is 0 Å². The lowest BCUT2D eigenvalue weighted by atomic mass is 9.69. The molecule has 0 heterocycles. The minimum atomic E-state index is 0. The van der Waals surface area contributed by atoms with Crippen molar-refractivity contribution in [2.75, 3.05) is 14.1 Å². The van der Waals surface area contributed by atoms with Crippen LogP contribution in [-0.4, -0.2) is 30.3 Å². The van der Waals surface area contributed by atoms with Crippen molar-refractivity contribution >= 4 is 24.1 Å². The molecule has 2 aliphatic carbocycles. The fraction of sp³-hybridized carbons (Fsp3) is 0.538. The zero-order valence-corrected chi connectivity index (χ0v) is 12.3. The molecule has 0 aliphatic heterocycles. The van der Waals surface area contributed by atoms with Crippen LogP contribution in [0.25, 0.3) is 0 Å². The third-order valence-electron chi connectivity index (χ3n) is 3.40. The predicted octanol–water partition coefficient (Wildman–Crippen LogP) is 1.63. The van der Waals surface area contributed by atoms with E-state index in [0.717, 1.165) is 12.1 Å². The van der Waals surface area contributed by atoms with Crippen LogP contribution in [0.4, 0.5) is 0 Å². The van der Waals surface area contributed by atoms with Crippen LogP contribution in [0, 0.1) is 5.92 Å². The van der Waals surface area contributed by atoms with E-state index in [1.807, 2.05) is 18.7 Å². The second-order valence-corrected chi connectivity index (χ2v) is 5.14. The van der Waals surface area contributed by atoms with Gasteiger partial charge in [-0.05, 0) is 37.3 Å². The maximum atomic E-state index is 5.76. The number of allylic oxidation sites excluding steroid dienone is 4. The van der Waals surface area contributed by atoms with E-state index in [1.54, 1.807) is 0 Å². The summed E-state index contributed by atoms with van der Waals surface area (Å²) >= 11 is 0. The molecule has 3 N–H and O–H groups in total. The van der Waals surface area contributed by atoms with Crippen molar-refractivity contribution in [3.63, 3.8) is 0 Å². The molecular formula is C13H22ClN4+. The van der Waals surface area contributed by atoms with Crippen LogP contribution in [0.15, 0.2) is 27.9 Å². The number of hydrogen-bond donors (Lipinski definition) is 2. The van der Waals surface area contributed by atoms with E-state index >= 15 is 0 Å². The summed E-state index contributed by atoms with van der Waals surface area (Å²) in [6, 6.07) is 0. The zero-order chi connectivity index (χ0) is 12.6. The normalized spacial score (nSPS) is 23.7. The van der Waals surface area contributed by atoms with Gasteiger partial charge in [-0.15, -0.1) is 17.5 Å². The highest BCUT2D eigenvalue weighted by atomic mass is 35.5. The Labute approximate surface area is 115 Å². The molecule has 0 spiro atoms. The summed E-state index contributed by atoms with van der Waals surface area (Å²) in [4.78, 5) is 0. The van der Waals surface area contributed by atoms with Gasteiger partial charge in [-0.25, -0.2) is 0 Å². The van der Waals surface area contributed by atoms with Crippen LogP contribution in [0.3, 0.4) is 0 Å². The van der Waals surface area contributed by atoms with Gasteiger partial charge in [0, 0.05) is 6.42 Å². The van der Waals surface area contributed by atoms with Gasteiger partial charge in [0.1, 0.15) is 0 Å². The van der Waals surface area contributed by atoms with Crippen LogP contribution in [0.2, 0.25) is 0 Å². The first-order chi connectivity index (χ1) is 7.99. The predicted molar refractivity (Wildman–Crippen MR) is 78.3 cm³/mol. The molecule has 0 saturated heterocycles. The number of fused-ring (bicyclic) bond motifs is 1. The van der Waals surface area contributed by atoms with Gasteiger partial charge in [0.05, 0.1) is 19.8 Å². The molecule has 1 atom stereocenters. The van der Waals surface area contributed by atoms with Gasteiger partial charge in [-0.1, -0.05) is 11.6 Å². The van der Waals surface area contributed by atoms with Crippen LogP contribution in [-0.2, 0) is 0 Å². The molecule has 18 heavy (non-hydrogen) atoms. The lowest BCUT2D eigenvalue weighted by molar-refractivity contribution is -0.467. The van der Waals surface area contributed by atoms with Gasteiger partial charge < -0.3 is 0 Å². The summed E-state index contributed by atoms with van der Waals surface area (Å²) in [5.74, 6) is 1.25. The van der Waals surface area contributed by atoms with Gasteiger partial charge in [0.25, 0.3) is 0 Å². The third kappa shape index (κ3) is 2.75. The summed E-state index contributed by atoms with van der Waals surface area (Å²) in [5, 5.41) is 4.39. The second kappa shape index (κ2) is 5.57. The van der Waals surface area contributed by atoms with Gasteiger partial charge >= 0.3 is 5.96 Å². The first-order valence-corrected chi connectivity index (χ1v) is 5.99. The van der Waals surface area contributed by atoms with Crippen LogP contribution < -0.4 is 11.2 Å². The van der Waals surface area contributed by atoms with Crippen LogP contribution in [0.1, 0.15) is 26.7 Å². The summed E-state index contributed by atoms with van der Waals surface area (Å²) in [5.41, 5.74) is 14.1. The molecule has 0 radical (unpaired) electrons. The zero-order valence-electron chi connectivity index (χ0n) is 11.4. The quantitative estimate of drug-likeness (QED) is 0.329. The van der Waals surface area contributed by atoms with Crippen molar-refractivity contribution in [2.45, 2.75) is 26.7 Å². The van der Waals surface area contributed by atoms with Crippen molar-refractivity contribution < 1.29 is 4.58 Å². The van der Waals surface area contributed by atoms with E-state index in [9.17, 15) is 0 Å². The molecule has 1 fully saturated rings. The molecule has 2 rings (SSSR count). The van der Waals surface area contributed by atoms with E-state index < -0.39 is 0 Å². The van der Waals surface area contributed by atoms with Gasteiger partial charge in [0.15, 0.2) is 0 Å². The summed E-state index contributed by atoms with van der Waals surface area (Å²) in [7, 11) is 3.78. The van der Waals surface area contributed by atoms with Crippen molar-refractivity contribution in [2.24, 2.45) is 16.8 Å². The molecule has 0 aromatic rings. The standard InChI is InChI=1S/C13H20N4.ClH/c1-8-5-9(2)12-10(6-8)7-11(12)15-16-13(14)17(3)4;/h5,10H,6-7H2,1-4H3,(H2,14,16);1H/p+1. The Kier molecular flexibility index (Phi) is 4.57. The molecule has 1 unspecified atom stereocenters. The van der Waals surface area contributed by atoms with Gasteiger partial charge in [0.2, 0.25) is 0 Å². The number of guanidine groups is 1. The Hall–Kier alpha value is -1.29. The Morgan fingerprint density at radius 2 is 2.06 bits per heavy atom. The largest absolute Gasteiger partial charge is 0.366 e. The molecular weight excluding hydrogens is 248 g/mol. The molecule has 100 valence electrons. The van der Waals surface area contributed by atoms with Crippen molar-refractivity contribution in [3.05, 3.63) is 22.8 Å². The average molecular weight is 270 g/mol. The number of halogens is 1. The monoisotopic (exact) mass is 269 g/mol. The molecule has 0 amide bonds. The van der Waals surface area contributed by atoms with E-state index in [4.69, 9.17) is 5.73 Å². The number of nitrogens with one attached hydrogen (secondary N) is 1. The molecule has 0 bridgehead atoms. The first-order valence-electron chi connectivity index (χ1n) is 5.99. The van der Waals surface area contributed by atoms with E-state index in [-0.39, 0.29) is 12.4 Å². The molecule has 4 nitrogen and oxygen atoms in total. The van der Waals surface area contributed by atoms with Crippen molar-refractivity contribution in [1.82, 2.24) is 5.43 Å². The number of hydrazone groups is 1. The highest BCUT2D eigenvalue weighted by Gasteiger charge is 2.35. The fourth-order valence-electron chi connectivity index (χ4n) is 2.50. The maximum Gasteiger partial charge on any atom is 0.366 e. The molecule has 5 heteroatoms. The Bertz CT molecular complexity index is 467. The third-order valence-corrected chi connectivity index (χ3v) is 3.40. The highest BCUT2D eigenvalue weighted by Crippen LogP contribution is 2.41. The number of hydrogen-bond acceptors (Lipinski definition) is 1.